The van der Waals surface area contributed by atoms with Crippen molar-refractivity contribution in [2.45, 2.75) is 6.04 Å². The molecule has 0 saturated carbocycles. The molecule has 0 fully saturated rings. The minimum absolute atomic E-state index is 0.0709. The number of aromatic amines is 1. The Labute approximate surface area is 158 Å². The van der Waals surface area contributed by atoms with Gasteiger partial charge in [0.2, 0.25) is 0 Å². The Balaban J connectivity index is 1.71. The zero-order chi connectivity index (χ0) is 19.3. The number of rotatable bonds is 1. The van der Waals surface area contributed by atoms with Crippen molar-refractivity contribution in [3.8, 4) is 0 Å². The minimum atomic E-state index is -0.564. The fourth-order valence-electron chi connectivity index (χ4n) is 3.32. The van der Waals surface area contributed by atoms with Crippen LogP contribution in [0.5, 0.6) is 0 Å². The summed E-state index contributed by atoms with van der Waals surface area (Å²) in [5.41, 5.74) is 3.25. The number of aliphatic imine (C=N–C) groups is 2. The Morgan fingerprint density at radius 1 is 0.964 bits per heavy atom. The van der Waals surface area contributed by atoms with E-state index in [4.69, 9.17) is 0 Å². The van der Waals surface area contributed by atoms with Crippen molar-refractivity contribution in [3.63, 3.8) is 0 Å². The number of H-pyrrole nitrogens is 1. The van der Waals surface area contributed by atoms with E-state index in [9.17, 15) is 14.9 Å². The Morgan fingerprint density at radius 3 is 2.54 bits per heavy atom. The number of carbonyl (C=O) groups is 1. The molecule has 5 heterocycles. The number of aromatic nitrogens is 1. The number of allylic oxidation sites excluding steroid dienone is 6. The molecule has 0 amide bonds. The van der Waals surface area contributed by atoms with Crippen LogP contribution in [0.3, 0.4) is 0 Å². The van der Waals surface area contributed by atoms with Crippen LogP contribution < -0.4 is 16.0 Å². The summed E-state index contributed by atoms with van der Waals surface area (Å²) in [4.78, 5) is 35.3. The van der Waals surface area contributed by atoms with E-state index in [1.54, 1.807) is 18.2 Å². The van der Waals surface area contributed by atoms with Crippen molar-refractivity contribution in [3.05, 3.63) is 86.5 Å². The Bertz CT molecular complexity index is 1280. The van der Waals surface area contributed by atoms with Gasteiger partial charge in [-0.3, -0.25) is 14.9 Å². The van der Waals surface area contributed by atoms with Crippen LogP contribution in [0.1, 0.15) is 0 Å². The number of ketones is 1. The smallest absolute Gasteiger partial charge is 0.294 e. The minimum Gasteiger partial charge on any atom is -0.372 e. The molecule has 136 valence electrons. The third-order valence-corrected chi connectivity index (χ3v) is 4.57. The second-order valence-corrected chi connectivity index (χ2v) is 6.59. The molecule has 1 unspecified atom stereocenters. The Kier molecular flexibility index (Phi) is 3.45. The molecular weight excluding hydrogens is 358 g/mol. The standard InChI is InChI=1S/C20H13N5O3/c26-20-10-16-8-17-19(25(27)28)9-15(23-17)6-13-2-1-11(21-13)5-12-3-4-14(22-12)7-18(20)24-16/h1-10,18,23-24H. The molecule has 4 aliphatic rings. The van der Waals surface area contributed by atoms with Gasteiger partial charge >= 0.3 is 0 Å². The quantitative estimate of drug-likeness (QED) is 0.559. The van der Waals surface area contributed by atoms with E-state index in [1.807, 2.05) is 30.4 Å². The van der Waals surface area contributed by atoms with Gasteiger partial charge in [0.05, 0.1) is 27.7 Å². The average Bonchev–Trinajstić information content (AvgIpc) is 3.40. The number of nitro groups is 1. The predicted octanol–water partition coefficient (Wildman–Crippen LogP) is 0.712. The maximum atomic E-state index is 12.3. The van der Waals surface area contributed by atoms with Gasteiger partial charge in [0.15, 0.2) is 5.78 Å². The summed E-state index contributed by atoms with van der Waals surface area (Å²) in [5.74, 6) is -0.132. The lowest BCUT2D eigenvalue weighted by atomic mass is 10.2. The molecule has 8 bridgehead atoms. The van der Waals surface area contributed by atoms with Gasteiger partial charge in [-0.2, -0.15) is 0 Å². The normalized spacial score (nSPS) is 21.8. The van der Waals surface area contributed by atoms with Crippen molar-refractivity contribution in [1.29, 1.82) is 0 Å². The highest BCUT2D eigenvalue weighted by Crippen LogP contribution is 2.18. The molecule has 1 aromatic rings. The number of fused-ring (bicyclic) bond motifs is 6. The second kappa shape index (κ2) is 5.98. The summed E-state index contributed by atoms with van der Waals surface area (Å²) < 4.78 is 0. The summed E-state index contributed by atoms with van der Waals surface area (Å²) >= 11 is 0. The number of carbonyl (C=O) groups excluding carboxylic acids is 1. The van der Waals surface area contributed by atoms with E-state index >= 15 is 0 Å². The molecular formula is C20H13N5O3. The van der Waals surface area contributed by atoms with E-state index in [0.29, 0.717) is 27.8 Å². The highest BCUT2D eigenvalue weighted by Gasteiger charge is 2.23. The number of nitrogens with one attached hydrogen (secondary N) is 2. The number of nitrogens with zero attached hydrogens (tertiary/aromatic N) is 3. The van der Waals surface area contributed by atoms with Crippen LogP contribution in [-0.4, -0.2) is 33.2 Å². The lowest BCUT2D eigenvalue weighted by Gasteiger charge is -2.06. The van der Waals surface area contributed by atoms with Gasteiger partial charge in [-0.25, -0.2) is 9.98 Å². The first-order valence-corrected chi connectivity index (χ1v) is 8.59. The van der Waals surface area contributed by atoms with Crippen molar-refractivity contribution in [1.82, 2.24) is 10.3 Å². The third kappa shape index (κ3) is 2.86. The first kappa shape index (κ1) is 16.1. The predicted molar refractivity (Wildman–Crippen MR) is 105 cm³/mol. The average molecular weight is 371 g/mol. The third-order valence-electron chi connectivity index (χ3n) is 4.57. The first-order valence-electron chi connectivity index (χ1n) is 8.59. The first-order chi connectivity index (χ1) is 13.5. The zero-order valence-corrected chi connectivity index (χ0v) is 14.4. The molecule has 28 heavy (non-hydrogen) atoms. The molecule has 5 rings (SSSR count). The SMILES string of the molecule is O=C1C=C2C=c3[nH]c(cc3[N+](=O)[O-])=CC3=NC(=CC4=NC(=CC1N2)C=C4)C=C3. The van der Waals surface area contributed by atoms with Gasteiger partial charge < -0.3 is 10.3 Å². The van der Waals surface area contributed by atoms with Crippen LogP contribution in [0.25, 0.3) is 12.2 Å². The molecule has 8 heteroatoms. The summed E-state index contributed by atoms with van der Waals surface area (Å²) in [6, 6.07) is 0.888. The molecule has 8 nitrogen and oxygen atoms in total. The van der Waals surface area contributed by atoms with Gasteiger partial charge in [-0.1, -0.05) is 0 Å². The molecule has 0 spiro atoms. The van der Waals surface area contributed by atoms with Gasteiger partial charge in [0, 0.05) is 23.2 Å². The summed E-state index contributed by atoms with van der Waals surface area (Å²) in [7, 11) is 0. The summed E-state index contributed by atoms with van der Waals surface area (Å²) in [6.45, 7) is 0. The molecule has 0 radical (unpaired) electrons. The highest BCUT2D eigenvalue weighted by molar-refractivity contribution is 6.19. The van der Waals surface area contributed by atoms with Gasteiger partial charge in [0.1, 0.15) is 11.4 Å². The fourth-order valence-corrected chi connectivity index (χ4v) is 3.32. The fraction of sp³-hybridized carbons (Fsp3) is 0.0500. The Morgan fingerprint density at radius 2 is 1.71 bits per heavy atom. The molecule has 2 N–H and O–H groups in total. The lowest BCUT2D eigenvalue weighted by Crippen LogP contribution is -2.27. The van der Waals surface area contributed by atoms with Gasteiger partial charge in [-0.05, 0) is 48.6 Å². The van der Waals surface area contributed by atoms with Crippen LogP contribution >= 0.6 is 0 Å². The van der Waals surface area contributed by atoms with E-state index in [0.717, 1.165) is 11.4 Å². The molecule has 0 aliphatic carbocycles. The van der Waals surface area contributed by atoms with Crippen molar-refractivity contribution < 1.29 is 9.72 Å². The largest absolute Gasteiger partial charge is 0.372 e. The number of hydrogen-bond acceptors (Lipinski definition) is 6. The summed E-state index contributed by atoms with van der Waals surface area (Å²) in [6.07, 6.45) is 15.7. The molecule has 4 aliphatic heterocycles. The maximum Gasteiger partial charge on any atom is 0.294 e. The lowest BCUT2D eigenvalue weighted by molar-refractivity contribution is -0.385. The molecule has 0 aromatic carbocycles. The van der Waals surface area contributed by atoms with Crippen molar-refractivity contribution in [2.75, 3.05) is 0 Å². The van der Waals surface area contributed by atoms with E-state index in [1.165, 1.54) is 12.1 Å². The molecule has 1 atom stereocenters. The number of hydrogen-bond donors (Lipinski definition) is 2. The van der Waals surface area contributed by atoms with Crippen LogP contribution in [-0.2, 0) is 4.79 Å². The zero-order valence-electron chi connectivity index (χ0n) is 14.4. The Hall–Kier alpha value is -4.07. The van der Waals surface area contributed by atoms with Gasteiger partial charge in [-0.15, -0.1) is 0 Å². The van der Waals surface area contributed by atoms with Crippen LogP contribution in [0.4, 0.5) is 5.69 Å². The maximum absolute atomic E-state index is 12.3. The van der Waals surface area contributed by atoms with E-state index in [2.05, 4.69) is 20.3 Å². The van der Waals surface area contributed by atoms with Crippen LogP contribution in [0.15, 0.2) is 75.7 Å². The molecule has 0 saturated heterocycles. The molecule has 1 aromatic heterocycles. The summed E-state index contributed by atoms with van der Waals surface area (Å²) in [5, 5.41) is 15.4. The van der Waals surface area contributed by atoms with E-state index < -0.39 is 11.0 Å². The van der Waals surface area contributed by atoms with Crippen molar-refractivity contribution >= 4 is 35.0 Å². The van der Waals surface area contributed by atoms with Crippen LogP contribution in [0, 0.1) is 10.1 Å². The van der Waals surface area contributed by atoms with Crippen molar-refractivity contribution in [2.24, 2.45) is 9.98 Å². The monoisotopic (exact) mass is 371 g/mol. The van der Waals surface area contributed by atoms with E-state index in [-0.39, 0.29) is 11.5 Å². The van der Waals surface area contributed by atoms with Crippen LogP contribution in [0.2, 0.25) is 0 Å². The topological polar surface area (TPSA) is 113 Å². The highest BCUT2D eigenvalue weighted by atomic mass is 16.6. The van der Waals surface area contributed by atoms with Gasteiger partial charge in [0.25, 0.3) is 5.69 Å². The second-order valence-electron chi connectivity index (χ2n) is 6.59.